The van der Waals surface area contributed by atoms with Crippen LogP contribution in [0.5, 0.6) is 0 Å². The lowest BCUT2D eigenvalue weighted by molar-refractivity contribution is -0.369. The number of ketones is 1. The lowest BCUT2D eigenvalue weighted by atomic mass is 9.34. The number of Topliss-reactive ketones (excluding diaryl/α,β-unsaturated/α-hetero) is 1. The van der Waals surface area contributed by atoms with E-state index in [-0.39, 0.29) is 45.7 Å². The predicted molar refractivity (Wildman–Crippen MR) is 103 cm³/mol. The summed E-state index contributed by atoms with van der Waals surface area (Å²) < 4.78 is 6.78. The van der Waals surface area contributed by atoms with E-state index in [0.29, 0.717) is 6.61 Å². The molecule has 7 aliphatic rings. The zero-order valence-corrected chi connectivity index (χ0v) is 17.0. The van der Waals surface area contributed by atoms with Crippen LogP contribution in [0.25, 0.3) is 0 Å². The smallest absolute Gasteiger partial charge is 0.168 e. The van der Waals surface area contributed by atoms with E-state index in [1.807, 2.05) is 0 Å². The second-order valence-electron chi connectivity index (χ2n) is 11.8. The van der Waals surface area contributed by atoms with Crippen molar-refractivity contribution >= 4 is 5.78 Å². The summed E-state index contributed by atoms with van der Waals surface area (Å²) in [5, 5.41) is 12.1. The molecule has 0 radical (unpaired) electrons. The molecule has 2 aliphatic heterocycles. The number of allylic oxidation sites excluding steroid dienone is 2. The van der Waals surface area contributed by atoms with Crippen LogP contribution in [0.4, 0.5) is 0 Å². The number of aliphatic hydroxyl groups is 1. The van der Waals surface area contributed by atoms with Gasteiger partial charge in [0, 0.05) is 11.3 Å². The Kier molecular flexibility index (Phi) is 2.71. The molecule has 3 heteroatoms. The molecule has 2 heterocycles. The lowest BCUT2D eigenvalue weighted by Gasteiger charge is -2.75. The van der Waals surface area contributed by atoms with E-state index in [9.17, 15) is 9.90 Å². The minimum absolute atomic E-state index is 0.0102. The fraction of sp³-hybridized carbons (Fsp3) is 0.792. The standard InChI is InChI=1S/C24H32O3/c1-13-14-7-8-16-22-10-6-9-20(2,3)17(22)19(26)24(27-12-22)21(4,5)11-15(14)23(16,24)18(13)25/h6,10,14-17,19,26H,1,7-9,11-12H2,2-5H3/t14-,15+,16-,17+,19-,22+,23-,24?/m0/s1. The number of aliphatic hydroxyl groups excluding tert-OH is 1. The highest BCUT2D eigenvalue weighted by Gasteiger charge is 2.90. The third kappa shape index (κ3) is 1.33. The number of hydrogen-bond donors (Lipinski definition) is 1. The van der Waals surface area contributed by atoms with Gasteiger partial charge in [0.1, 0.15) is 5.60 Å². The molecule has 3 nitrogen and oxygen atoms in total. The van der Waals surface area contributed by atoms with Gasteiger partial charge >= 0.3 is 0 Å². The number of hydrogen-bond acceptors (Lipinski definition) is 3. The van der Waals surface area contributed by atoms with Crippen molar-refractivity contribution in [2.45, 2.75) is 65.1 Å². The summed E-state index contributed by atoms with van der Waals surface area (Å²) in [6.45, 7) is 14.0. The summed E-state index contributed by atoms with van der Waals surface area (Å²) in [7, 11) is 0. The topological polar surface area (TPSA) is 46.5 Å². The fourth-order valence-electron chi connectivity index (χ4n) is 9.84. The van der Waals surface area contributed by atoms with Gasteiger partial charge in [0.15, 0.2) is 5.78 Å². The van der Waals surface area contributed by atoms with E-state index >= 15 is 0 Å². The normalized spacial score (nSPS) is 58.3. The van der Waals surface area contributed by atoms with Gasteiger partial charge in [0.05, 0.1) is 18.1 Å². The molecule has 7 rings (SSSR count). The van der Waals surface area contributed by atoms with Crippen molar-refractivity contribution in [1.82, 2.24) is 0 Å². The number of ether oxygens (including phenoxy) is 1. The zero-order valence-electron chi connectivity index (χ0n) is 17.0. The van der Waals surface area contributed by atoms with Crippen molar-refractivity contribution in [2.24, 2.45) is 45.3 Å². The van der Waals surface area contributed by atoms with Gasteiger partial charge < -0.3 is 9.84 Å². The largest absolute Gasteiger partial charge is 0.390 e. The van der Waals surface area contributed by atoms with Crippen molar-refractivity contribution in [3.8, 4) is 0 Å². The number of carbonyl (C=O) groups excluding carboxylic acids is 1. The molecule has 1 unspecified atom stereocenters. The van der Waals surface area contributed by atoms with Gasteiger partial charge in [0.2, 0.25) is 0 Å². The average molecular weight is 369 g/mol. The molecular weight excluding hydrogens is 336 g/mol. The van der Waals surface area contributed by atoms with Crippen molar-refractivity contribution in [3.63, 3.8) is 0 Å². The van der Waals surface area contributed by atoms with E-state index in [0.717, 1.165) is 31.3 Å². The van der Waals surface area contributed by atoms with Gasteiger partial charge in [-0.2, -0.15) is 0 Å². The van der Waals surface area contributed by atoms with Crippen LogP contribution in [0.15, 0.2) is 24.3 Å². The molecule has 4 bridgehead atoms. The van der Waals surface area contributed by atoms with Crippen LogP contribution < -0.4 is 0 Å². The number of carbonyl (C=O) groups is 1. The maximum atomic E-state index is 13.9. The minimum atomic E-state index is -0.764. The highest BCUT2D eigenvalue weighted by Crippen LogP contribution is 2.84. The third-order valence-corrected chi connectivity index (χ3v) is 10.3. The maximum Gasteiger partial charge on any atom is 0.168 e. The fourth-order valence-corrected chi connectivity index (χ4v) is 9.84. The molecule has 146 valence electrons. The van der Waals surface area contributed by atoms with E-state index in [4.69, 9.17) is 4.74 Å². The summed E-state index contributed by atoms with van der Waals surface area (Å²) in [5.41, 5.74) is -0.920. The molecule has 0 aromatic carbocycles. The maximum absolute atomic E-state index is 13.9. The summed E-state index contributed by atoms with van der Waals surface area (Å²) >= 11 is 0. The first-order chi connectivity index (χ1) is 12.6. The summed E-state index contributed by atoms with van der Waals surface area (Å²) in [6, 6.07) is 0. The second kappa shape index (κ2) is 4.31. The summed E-state index contributed by atoms with van der Waals surface area (Å²) in [4.78, 5) is 13.9. The van der Waals surface area contributed by atoms with E-state index < -0.39 is 17.1 Å². The van der Waals surface area contributed by atoms with Crippen LogP contribution in [0, 0.1) is 45.3 Å². The van der Waals surface area contributed by atoms with E-state index in [1.54, 1.807) is 0 Å². The first-order valence-corrected chi connectivity index (χ1v) is 10.8. The van der Waals surface area contributed by atoms with Crippen molar-refractivity contribution in [2.75, 3.05) is 6.61 Å². The molecule has 0 aromatic rings. The monoisotopic (exact) mass is 368 g/mol. The Bertz CT molecular complexity index is 821. The van der Waals surface area contributed by atoms with Crippen molar-refractivity contribution in [3.05, 3.63) is 24.3 Å². The zero-order chi connectivity index (χ0) is 19.2. The molecule has 3 spiro atoms. The van der Waals surface area contributed by atoms with Crippen LogP contribution in [0.1, 0.15) is 53.4 Å². The van der Waals surface area contributed by atoms with Gasteiger partial charge in [-0.05, 0) is 59.8 Å². The Labute approximate surface area is 162 Å². The Morgan fingerprint density at radius 2 is 1.96 bits per heavy atom. The number of rotatable bonds is 0. The van der Waals surface area contributed by atoms with Gasteiger partial charge in [-0.1, -0.05) is 46.4 Å². The first kappa shape index (κ1) is 17.0. The molecule has 8 atom stereocenters. The van der Waals surface area contributed by atoms with Gasteiger partial charge in [0.25, 0.3) is 0 Å². The number of fused-ring (bicyclic) bond motifs is 1. The van der Waals surface area contributed by atoms with Gasteiger partial charge in [-0.25, -0.2) is 0 Å². The van der Waals surface area contributed by atoms with Crippen LogP contribution in [0.3, 0.4) is 0 Å². The van der Waals surface area contributed by atoms with E-state index in [2.05, 4.69) is 46.4 Å². The Balaban J connectivity index is 1.72. The minimum Gasteiger partial charge on any atom is -0.390 e. The average Bonchev–Trinajstić information content (AvgIpc) is 2.85. The molecule has 27 heavy (non-hydrogen) atoms. The van der Waals surface area contributed by atoms with Crippen LogP contribution in [-0.2, 0) is 9.53 Å². The third-order valence-electron chi connectivity index (χ3n) is 10.3. The van der Waals surface area contributed by atoms with E-state index in [1.165, 1.54) is 0 Å². The van der Waals surface area contributed by atoms with Crippen LogP contribution in [0.2, 0.25) is 0 Å². The Hall–Kier alpha value is -0.930. The van der Waals surface area contributed by atoms with Gasteiger partial charge in [-0.3, -0.25) is 4.79 Å². The van der Waals surface area contributed by atoms with Gasteiger partial charge in [-0.15, -0.1) is 0 Å². The molecule has 0 amide bonds. The highest BCUT2D eigenvalue weighted by atomic mass is 16.5. The first-order valence-electron chi connectivity index (χ1n) is 10.8. The molecule has 4 saturated carbocycles. The summed E-state index contributed by atoms with van der Waals surface area (Å²) in [6.07, 6.45) is 8.14. The quantitative estimate of drug-likeness (QED) is 0.521. The molecule has 1 N–H and O–H groups in total. The predicted octanol–water partition coefficient (Wildman–Crippen LogP) is 3.92. The summed E-state index contributed by atoms with van der Waals surface area (Å²) in [5.74, 6) is 1.24. The second-order valence-corrected chi connectivity index (χ2v) is 11.8. The Morgan fingerprint density at radius 1 is 1.22 bits per heavy atom. The van der Waals surface area contributed by atoms with Crippen molar-refractivity contribution in [1.29, 1.82) is 0 Å². The molecule has 6 fully saturated rings. The molecule has 0 aromatic heterocycles. The van der Waals surface area contributed by atoms with Crippen LogP contribution in [-0.4, -0.2) is 29.2 Å². The molecule has 2 saturated heterocycles. The molecule has 5 aliphatic carbocycles. The highest BCUT2D eigenvalue weighted by molar-refractivity contribution is 6.05. The molecular formula is C24H32O3. The van der Waals surface area contributed by atoms with Crippen molar-refractivity contribution < 1.29 is 14.6 Å². The SMILES string of the molecule is C=C1C(=O)[C@@]23[C@@H]4CC(C)(C)C25OC[C@]2(C=CCC(C)(C)[C@H]2[C@@H]5O)[C@@H]3CC[C@@H]14. The van der Waals surface area contributed by atoms with Crippen LogP contribution >= 0.6 is 0 Å². The Morgan fingerprint density at radius 3 is 2.70 bits per heavy atom. The lowest BCUT2D eigenvalue weighted by Crippen LogP contribution is -2.82.